The zero-order valence-electron chi connectivity index (χ0n) is 32.7. The summed E-state index contributed by atoms with van der Waals surface area (Å²) >= 11 is 0. The molecule has 5 aliphatic rings. The molecule has 2 bridgehead atoms. The Labute approximate surface area is 330 Å². The Bertz CT molecular complexity index is 2290. The van der Waals surface area contributed by atoms with Crippen molar-refractivity contribution in [1.29, 1.82) is 0 Å². The predicted molar refractivity (Wildman–Crippen MR) is 217 cm³/mol. The van der Waals surface area contributed by atoms with E-state index in [9.17, 15) is 13.2 Å². The number of halogens is 5. The van der Waals surface area contributed by atoms with Crippen molar-refractivity contribution < 1.29 is 22.0 Å². The standard InChI is InChI=1S/C45H50F5N7/c1-4-31-35(46)13-10-27-20-26(2)21-32(37(27)31)38-40(47)42-39(33(22-52-3)41(38)51)43(54-36(53-42)14-17-44-15-6-18-56(44)19-7-16-44)57-29-11-12-30(57)25-55(24-29)23-28-8-5-9-34(28)45(48,49)50/h1,10,13,20-22,28-30,34H,5-9,11-12,14-19,23-25,51H2,2-3H3. The Morgan fingerprint density at radius 1 is 1.00 bits per heavy atom. The van der Waals surface area contributed by atoms with E-state index in [4.69, 9.17) is 22.1 Å². The van der Waals surface area contributed by atoms with E-state index in [2.05, 4.69) is 25.6 Å². The van der Waals surface area contributed by atoms with Gasteiger partial charge < -0.3 is 10.6 Å². The molecule has 300 valence electrons. The van der Waals surface area contributed by atoms with E-state index < -0.39 is 29.6 Å². The largest absolute Gasteiger partial charge is 0.398 e. The second-order valence-corrected chi connectivity index (χ2v) is 17.3. The number of rotatable bonds is 8. The molecule has 2 N–H and O–H groups in total. The van der Waals surface area contributed by atoms with E-state index >= 15 is 8.78 Å². The van der Waals surface area contributed by atoms with Gasteiger partial charge >= 0.3 is 6.18 Å². The third kappa shape index (κ3) is 6.44. The van der Waals surface area contributed by atoms with Crippen LogP contribution in [0.25, 0.3) is 32.8 Å². The van der Waals surface area contributed by atoms with Crippen molar-refractivity contribution in [3.05, 3.63) is 58.4 Å². The number of piperazine rings is 1. The van der Waals surface area contributed by atoms with E-state index in [0.717, 1.165) is 63.6 Å². The predicted octanol–water partition coefficient (Wildman–Crippen LogP) is 8.84. The average Bonchev–Trinajstić information content (AvgIpc) is 3.95. The van der Waals surface area contributed by atoms with Gasteiger partial charge in [0.25, 0.3) is 0 Å². The summed E-state index contributed by atoms with van der Waals surface area (Å²) in [5.74, 6) is 0.759. The number of nitrogen functional groups attached to an aromatic ring is 1. The van der Waals surface area contributed by atoms with E-state index in [1.54, 1.807) is 25.4 Å². The summed E-state index contributed by atoms with van der Waals surface area (Å²) in [5.41, 5.74) is 9.20. The van der Waals surface area contributed by atoms with Gasteiger partial charge in [0.15, 0.2) is 5.82 Å². The molecule has 0 radical (unpaired) electrons. The van der Waals surface area contributed by atoms with Gasteiger partial charge in [-0.1, -0.05) is 30.5 Å². The number of benzene rings is 3. The van der Waals surface area contributed by atoms with Crippen molar-refractivity contribution in [2.24, 2.45) is 16.8 Å². The van der Waals surface area contributed by atoms with Crippen LogP contribution in [0.4, 0.5) is 33.5 Å². The minimum atomic E-state index is -4.19. The van der Waals surface area contributed by atoms with Crippen LogP contribution in [0.15, 0.2) is 29.3 Å². The Morgan fingerprint density at radius 2 is 1.74 bits per heavy atom. The Hall–Kier alpha value is -4.34. The molecule has 4 unspecified atom stereocenters. The van der Waals surface area contributed by atoms with Crippen molar-refractivity contribution in [3.8, 4) is 23.5 Å². The highest BCUT2D eigenvalue weighted by Gasteiger charge is 2.49. The van der Waals surface area contributed by atoms with Crippen LogP contribution in [0.2, 0.25) is 0 Å². The van der Waals surface area contributed by atoms with Crippen molar-refractivity contribution in [3.63, 3.8) is 0 Å². The number of nitrogens with two attached hydrogens (primary N) is 1. The molecule has 3 aromatic carbocycles. The number of nitrogens with zero attached hydrogens (tertiary/aromatic N) is 6. The third-order valence-corrected chi connectivity index (χ3v) is 14.1. The normalized spacial score (nSPS) is 25.1. The molecule has 0 spiro atoms. The molecule has 1 saturated carbocycles. The SMILES string of the molecule is C#Cc1c(F)ccc2cc(C)cc(-c3c(N)c(C=NC)c4c(N5C6CCC5CN(CC5CCCC5C(F)(F)F)C6)nc(CCC56CCCN5CCC6)nc4c3F)c12. The van der Waals surface area contributed by atoms with Crippen LogP contribution in [0, 0.1) is 42.7 Å². The molecule has 0 amide bonds. The maximum absolute atomic E-state index is 17.9. The van der Waals surface area contributed by atoms with Crippen molar-refractivity contribution >= 4 is 39.4 Å². The van der Waals surface area contributed by atoms with Crippen LogP contribution in [0.1, 0.15) is 86.7 Å². The zero-order chi connectivity index (χ0) is 39.8. The Morgan fingerprint density at radius 3 is 2.42 bits per heavy atom. The average molecular weight is 784 g/mol. The molecule has 12 heteroatoms. The highest BCUT2D eigenvalue weighted by Crippen LogP contribution is 2.48. The lowest BCUT2D eigenvalue weighted by Crippen LogP contribution is -2.55. The van der Waals surface area contributed by atoms with Gasteiger partial charge in [0.05, 0.1) is 22.6 Å². The fraction of sp³-hybridized carbons (Fsp3) is 0.533. The van der Waals surface area contributed by atoms with Gasteiger partial charge in [-0.05, 0) is 106 Å². The van der Waals surface area contributed by atoms with Crippen LogP contribution in [0.5, 0.6) is 0 Å². The minimum absolute atomic E-state index is 0.0294. The molecule has 1 aromatic heterocycles. The van der Waals surface area contributed by atoms with Crippen LogP contribution in [-0.4, -0.2) is 89.6 Å². The molecule has 7 nitrogen and oxygen atoms in total. The highest BCUT2D eigenvalue weighted by atomic mass is 19.4. The third-order valence-electron chi connectivity index (χ3n) is 14.1. The molecule has 9 rings (SSSR count). The smallest absolute Gasteiger partial charge is 0.392 e. The topological polar surface area (TPSA) is 73.9 Å². The first-order valence-corrected chi connectivity index (χ1v) is 20.7. The van der Waals surface area contributed by atoms with E-state index in [1.807, 2.05) is 13.0 Å². The number of hydrogen-bond donors (Lipinski definition) is 1. The number of anilines is 2. The molecule has 57 heavy (non-hydrogen) atoms. The summed E-state index contributed by atoms with van der Waals surface area (Å²) in [6.45, 7) is 5.68. The molecule has 4 aromatic rings. The number of aromatic nitrogens is 2. The van der Waals surface area contributed by atoms with Crippen molar-refractivity contribution in [2.45, 2.75) is 101 Å². The number of hydrogen-bond acceptors (Lipinski definition) is 7. The number of aliphatic imine (C=N–C) groups is 1. The summed E-state index contributed by atoms with van der Waals surface area (Å²) < 4.78 is 75.1. The molecule has 5 heterocycles. The molecule has 1 aliphatic carbocycles. The first kappa shape index (κ1) is 38.2. The van der Waals surface area contributed by atoms with Gasteiger partial charge in [-0.15, -0.1) is 6.42 Å². The summed E-state index contributed by atoms with van der Waals surface area (Å²) in [4.78, 5) is 21.8. The second-order valence-electron chi connectivity index (χ2n) is 17.3. The van der Waals surface area contributed by atoms with Gasteiger partial charge in [-0.25, -0.2) is 18.7 Å². The van der Waals surface area contributed by atoms with Crippen LogP contribution in [-0.2, 0) is 6.42 Å². The lowest BCUT2D eigenvalue weighted by Gasteiger charge is -2.43. The van der Waals surface area contributed by atoms with E-state index in [0.29, 0.717) is 77.8 Å². The second kappa shape index (κ2) is 14.5. The molecule has 4 saturated heterocycles. The maximum atomic E-state index is 17.9. The molecule has 5 fully saturated rings. The lowest BCUT2D eigenvalue weighted by atomic mass is 9.88. The van der Waals surface area contributed by atoms with Gasteiger partial charge in [0, 0.05) is 73.5 Å². The van der Waals surface area contributed by atoms with Gasteiger partial charge in [0.2, 0.25) is 0 Å². The first-order valence-electron chi connectivity index (χ1n) is 20.7. The summed E-state index contributed by atoms with van der Waals surface area (Å²) in [5, 5.41) is 1.52. The lowest BCUT2D eigenvalue weighted by molar-refractivity contribution is -0.184. The van der Waals surface area contributed by atoms with E-state index in [-0.39, 0.29) is 46.4 Å². The fourth-order valence-corrected chi connectivity index (χ4v) is 11.6. The van der Waals surface area contributed by atoms with E-state index in [1.165, 1.54) is 6.07 Å². The monoisotopic (exact) mass is 783 g/mol. The van der Waals surface area contributed by atoms with Gasteiger partial charge in [0.1, 0.15) is 23.0 Å². The molecule has 4 aliphatic heterocycles. The highest BCUT2D eigenvalue weighted by molar-refractivity contribution is 6.15. The quantitative estimate of drug-likeness (QED) is 0.0834. The Balaban J connectivity index is 1.20. The summed E-state index contributed by atoms with van der Waals surface area (Å²) in [6.07, 6.45) is 12.4. The number of fused-ring (bicyclic) bond motifs is 5. The van der Waals surface area contributed by atoms with Gasteiger partial charge in [-0.3, -0.25) is 14.8 Å². The first-order chi connectivity index (χ1) is 27.4. The number of alkyl halides is 3. The van der Waals surface area contributed by atoms with Crippen LogP contribution >= 0.6 is 0 Å². The number of likely N-dealkylation sites (tertiary alicyclic amines) is 1. The number of terminal acetylenes is 1. The summed E-state index contributed by atoms with van der Waals surface area (Å²) in [6, 6.07) is 6.59. The van der Waals surface area contributed by atoms with Crippen LogP contribution in [0.3, 0.4) is 0 Å². The molecule has 4 atom stereocenters. The van der Waals surface area contributed by atoms with Gasteiger partial charge in [-0.2, -0.15) is 13.2 Å². The Kier molecular flexibility index (Phi) is 9.71. The zero-order valence-corrected chi connectivity index (χ0v) is 32.7. The van der Waals surface area contributed by atoms with Crippen molar-refractivity contribution in [1.82, 2.24) is 19.8 Å². The van der Waals surface area contributed by atoms with Crippen molar-refractivity contribution in [2.75, 3.05) is 50.4 Å². The number of aryl methyl sites for hydroxylation is 2. The minimum Gasteiger partial charge on any atom is -0.398 e. The van der Waals surface area contributed by atoms with Crippen LogP contribution < -0.4 is 10.6 Å². The maximum Gasteiger partial charge on any atom is 0.392 e. The fourth-order valence-electron chi connectivity index (χ4n) is 11.6. The molecular weight excluding hydrogens is 734 g/mol. The molecular formula is C45H50F5N7. The summed E-state index contributed by atoms with van der Waals surface area (Å²) in [7, 11) is 1.63.